The van der Waals surface area contributed by atoms with Crippen LogP contribution in [0.15, 0.2) is 76.0 Å². The molecule has 0 spiro atoms. The lowest BCUT2D eigenvalue weighted by atomic mass is 10.1. The Balaban J connectivity index is 1.54. The molecule has 5 rings (SSSR count). The van der Waals surface area contributed by atoms with Crippen molar-refractivity contribution in [1.29, 1.82) is 0 Å². The summed E-state index contributed by atoms with van der Waals surface area (Å²) < 4.78 is 1.65. The number of hydrogen-bond acceptors (Lipinski definition) is 5. The number of thioether (sulfide) groups is 1. The molecule has 5 nitrogen and oxygen atoms in total. The van der Waals surface area contributed by atoms with Gasteiger partial charge in [0.2, 0.25) is 5.91 Å². The number of nitrogens with zero attached hydrogens (tertiary/aromatic N) is 2. The molecule has 1 fully saturated rings. The summed E-state index contributed by atoms with van der Waals surface area (Å²) in [4.78, 5) is 32.0. The summed E-state index contributed by atoms with van der Waals surface area (Å²) in [5.41, 5.74) is 2.57. The van der Waals surface area contributed by atoms with Gasteiger partial charge in [0.25, 0.3) is 5.56 Å². The van der Waals surface area contributed by atoms with Gasteiger partial charge in [0, 0.05) is 5.69 Å². The first-order valence-corrected chi connectivity index (χ1v) is 12.0. The van der Waals surface area contributed by atoms with Crippen LogP contribution in [0.1, 0.15) is 31.2 Å². The number of para-hydroxylation sites is 2. The lowest BCUT2D eigenvalue weighted by molar-refractivity contribution is -0.115. The molecule has 1 aliphatic carbocycles. The molecule has 1 aliphatic rings. The number of aromatic nitrogens is 2. The molecule has 7 heteroatoms. The Bertz CT molecular complexity index is 1300. The summed E-state index contributed by atoms with van der Waals surface area (Å²) in [5, 5.41) is 5.83. The lowest BCUT2D eigenvalue weighted by Crippen LogP contribution is -2.26. The van der Waals surface area contributed by atoms with Crippen LogP contribution >= 0.6 is 23.1 Å². The second kappa shape index (κ2) is 8.32. The van der Waals surface area contributed by atoms with Gasteiger partial charge in [-0.3, -0.25) is 14.2 Å². The second-order valence-corrected chi connectivity index (χ2v) is 9.80. The third-order valence-electron chi connectivity index (χ3n) is 5.33. The molecule has 0 aliphatic heterocycles. The molecular formula is C24H21N3O2S2. The Morgan fingerprint density at radius 1 is 1.13 bits per heavy atom. The zero-order valence-corrected chi connectivity index (χ0v) is 18.6. The number of thiophene rings is 1. The van der Waals surface area contributed by atoms with Crippen molar-refractivity contribution < 1.29 is 4.79 Å². The van der Waals surface area contributed by atoms with Crippen LogP contribution < -0.4 is 10.9 Å². The number of nitrogens with one attached hydrogen (secondary N) is 1. The van der Waals surface area contributed by atoms with E-state index in [2.05, 4.69) is 10.7 Å². The summed E-state index contributed by atoms with van der Waals surface area (Å²) in [7, 11) is 0. The van der Waals surface area contributed by atoms with E-state index in [1.165, 1.54) is 23.1 Å². The molecule has 1 atom stereocenters. The quantitative estimate of drug-likeness (QED) is 0.316. The number of carbonyl (C=O) groups excluding carboxylic acids is 1. The van der Waals surface area contributed by atoms with E-state index in [9.17, 15) is 9.59 Å². The van der Waals surface area contributed by atoms with E-state index in [1.54, 1.807) is 4.57 Å². The number of anilines is 1. The highest BCUT2D eigenvalue weighted by Gasteiger charge is 2.29. The molecule has 0 bridgehead atoms. The Morgan fingerprint density at radius 3 is 2.48 bits per heavy atom. The number of hydrogen-bond donors (Lipinski definition) is 1. The highest BCUT2D eigenvalue weighted by atomic mass is 32.2. The van der Waals surface area contributed by atoms with Crippen LogP contribution in [0.2, 0.25) is 0 Å². The van der Waals surface area contributed by atoms with Gasteiger partial charge in [-0.1, -0.05) is 48.2 Å². The fourth-order valence-electron chi connectivity index (χ4n) is 3.55. The highest BCUT2D eigenvalue weighted by molar-refractivity contribution is 8.00. The van der Waals surface area contributed by atoms with Gasteiger partial charge in [0.1, 0.15) is 4.83 Å². The molecular weight excluding hydrogens is 426 g/mol. The molecule has 1 unspecified atom stereocenters. The number of rotatable bonds is 6. The van der Waals surface area contributed by atoms with Gasteiger partial charge < -0.3 is 5.32 Å². The van der Waals surface area contributed by atoms with Crippen LogP contribution in [0, 0.1) is 0 Å². The van der Waals surface area contributed by atoms with Crippen molar-refractivity contribution in [2.75, 3.05) is 5.32 Å². The van der Waals surface area contributed by atoms with Crippen LogP contribution in [-0.2, 0) is 4.79 Å². The third kappa shape index (κ3) is 4.03. The number of carbonyl (C=O) groups is 1. The molecule has 31 heavy (non-hydrogen) atoms. The first kappa shape index (κ1) is 20.0. The normalized spacial score (nSPS) is 14.5. The van der Waals surface area contributed by atoms with E-state index in [1.807, 2.05) is 67.6 Å². The smallest absolute Gasteiger partial charge is 0.267 e. The van der Waals surface area contributed by atoms with Crippen LogP contribution in [0.25, 0.3) is 15.9 Å². The minimum Gasteiger partial charge on any atom is -0.325 e. The van der Waals surface area contributed by atoms with Crippen molar-refractivity contribution in [3.8, 4) is 5.69 Å². The molecule has 4 aromatic rings. The van der Waals surface area contributed by atoms with Gasteiger partial charge in [-0.25, -0.2) is 4.98 Å². The van der Waals surface area contributed by atoms with Crippen molar-refractivity contribution >= 4 is 44.9 Å². The molecule has 1 N–H and O–H groups in total. The minimum atomic E-state index is -0.428. The molecule has 1 saturated carbocycles. The first-order chi connectivity index (χ1) is 15.1. The molecule has 0 radical (unpaired) electrons. The van der Waals surface area contributed by atoms with Crippen LogP contribution in [0.5, 0.6) is 0 Å². The average Bonchev–Trinajstić information content (AvgIpc) is 3.54. The van der Waals surface area contributed by atoms with E-state index < -0.39 is 5.25 Å². The standard InChI is InChI=1S/C24H21N3O2S2/c1-15(21(28)25-17-8-4-2-5-9-17)31-24-26-22-20(19(14-30-22)16-12-13-16)23(29)27(24)18-10-6-3-7-11-18/h2-11,14-16H,12-13H2,1H3,(H,25,28). The van der Waals surface area contributed by atoms with Gasteiger partial charge in [-0.2, -0.15) is 0 Å². The number of benzene rings is 2. The summed E-state index contributed by atoms with van der Waals surface area (Å²) in [6, 6.07) is 18.9. The molecule has 156 valence electrons. The minimum absolute atomic E-state index is 0.0579. The largest absolute Gasteiger partial charge is 0.325 e. The maximum atomic E-state index is 13.6. The fourth-order valence-corrected chi connectivity index (χ4v) is 5.54. The van der Waals surface area contributed by atoms with E-state index in [-0.39, 0.29) is 11.5 Å². The van der Waals surface area contributed by atoms with E-state index in [0.29, 0.717) is 11.1 Å². The third-order valence-corrected chi connectivity index (χ3v) is 7.27. The number of fused-ring (bicyclic) bond motifs is 1. The average molecular weight is 448 g/mol. The van der Waals surface area contributed by atoms with Crippen LogP contribution in [0.3, 0.4) is 0 Å². The zero-order valence-electron chi connectivity index (χ0n) is 16.9. The SMILES string of the molecule is CC(Sc1nc2scc(C3CC3)c2c(=O)n1-c1ccccc1)C(=O)Nc1ccccc1. The van der Waals surface area contributed by atoms with Gasteiger partial charge in [0.15, 0.2) is 5.16 Å². The van der Waals surface area contributed by atoms with Crippen LogP contribution in [0.4, 0.5) is 5.69 Å². The summed E-state index contributed by atoms with van der Waals surface area (Å²) in [6.45, 7) is 1.83. The van der Waals surface area contributed by atoms with Gasteiger partial charge in [-0.15, -0.1) is 11.3 Å². The van der Waals surface area contributed by atoms with Gasteiger partial charge >= 0.3 is 0 Å². The topological polar surface area (TPSA) is 64.0 Å². The Morgan fingerprint density at radius 2 is 1.81 bits per heavy atom. The van der Waals surface area contributed by atoms with Crippen molar-refractivity contribution in [3.63, 3.8) is 0 Å². The molecule has 0 saturated heterocycles. The van der Waals surface area contributed by atoms with Crippen molar-refractivity contribution in [2.24, 2.45) is 0 Å². The van der Waals surface area contributed by atoms with Gasteiger partial charge in [0.05, 0.1) is 16.3 Å². The second-order valence-electron chi connectivity index (χ2n) is 7.63. The number of amides is 1. The Hall–Kier alpha value is -2.90. The monoisotopic (exact) mass is 447 g/mol. The van der Waals surface area contributed by atoms with Crippen molar-refractivity contribution in [2.45, 2.75) is 36.1 Å². The molecule has 2 heterocycles. The van der Waals surface area contributed by atoms with E-state index in [4.69, 9.17) is 4.98 Å². The fraction of sp³-hybridized carbons (Fsp3) is 0.208. The molecule has 2 aromatic carbocycles. The summed E-state index contributed by atoms with van der Waals surface area (Å²) in [6.07, 6.45) is 2.26. The van der Waals surface area contributed by atoms with E-state index in [0.717, 1.165) is 40.0 Å². The summed E-state index contributed by atoms with van der Waals surface area (Å²) >= 11 is 2.82. The lowest BCUT2D eigenvalue weighted by Gasteiger charge is -2.16. The van der Waals surface area contributed by atoms with Gasteiger partial charge in [-0.05, 0) is 60.9 Å². The summed E-state index contributed by atoms with van der Waals surface area (Å²) in [5.74, 6) is 0.344. The van der Waals surface area contributed by atoms with Crippen LogP contribution in [-0.4, -0.2) is 20.7 Å². The predicted octanol–water partition coefficient (Wildman–Crippen LogP) is 5.44. The zero-order chi connectivity index (χ0) is 21.4. The predicted molar refractivity (Wildman–Crippen MR) is 128 cm³/mol. The van der Waals surface area contributed by atoms with Crippen molar-refractivity contribution in [1.82, 2.24) is 9.55 Å². The molecule has 2 aromatic heterocycles. The molecule has 1 amide bonds. The maximum Gasteiger partial charge on any atom is 0.267 e. The highest BCUT2D eigenvalue weighted by Crippen LogP contribution is 2.44. The first-order valence-electron chi connectivity index (χ1n) is 10.2. The van der Waals surface area contributed by atoms with Crippen molar-refractivity contribution in [3.05, 3.63) is 82.0 Å². The van der Waals surface area contributed by atoms with E-state index >= 15 is 0 Å². The Kier molecular flexibility index (Phi) is 5.38. The maximum absolute atomic E-state index is 13.6. The Labute approximate surface area is 188 Å².